The molecule has 3 amide bonds. The second-order valence-electron chi connectivity index (χ2n) is 10.7. The van der Waals surface area contributed by atoms with Crippen LogP contribution in [0.2, 0.25) is 0 Å². The van der Waals surface area contributed by atoms with E-state index >= 15 is 0 Å². The highest BCUT2D eigenvalue weighted by molar-refractivity contribution is 6.49. The minimum absolute atomic E-state index is 0.103. The molecule has 1 fully saturated rings. The van der Waals surface area contributed by atoms with Gasteiger partial charge in [-0.05, 0) is 56.1 Å². The van der Waals surface area contributed by atoms with E-state index in [1.54, 1.807) is 29.1 Å². The van der Waals surface area contributed by atoms with Gasteiger partial charge in [0.15, 0.2) is 0 Å². The smallest absolute Gasteiger partial charge is 0.263 e. The Morgan fingerprint density at radius 2 is 1.78 bits per heavy atom. The molecule has 1 saturated heterocycles. The maximum Gasteiger partial charge on any atom is 0.263 e. The van der Waals surface area contributed by atoms with Gasteiger partial charge in [0, 0.05) is 61.6 Å². The summed E-state index contributed by atoms with van der Waals surface area (Å²) in [5.74, 6) is -1.07. The number of hydrogen-bond donors (Lipinski definition) is 1. The van der Waals surface area contributed by atoms with Crippen molar-refractivity contribution in [1.82, 2.24) is 29.1 Å². The molecule has 0 aliphatic carbocycles. The number of nitrogens with zero attached hydrogens (tertiary/aromatic N) is 5. The molecule has 0 bridgehead atoms. The first kappa shape index (κ1) is 26.8. The highest BCUT2D eigenvalue weighted by Gasteiger charge is 2.36. The number of alkyl halides is 2. The molecular weight excluding hydrogens is 530 g/mol. The van der Waals surface area contributed by atoms with Gasteiger partial charge in [-0.3, -0.25) is 24.1 Å². The molecule has 3 aliphatic rings. The van der Waals surface area contributed by atoms with E-state index in [2.05, 4.69) is 15.2 Å². The average molecular weight is 561 g/mol. The maximum absolute atomic E-state index is 13.8. The summed E-state index contributed by atoms with van der Waals surface area (Å²) in [7, 11) is 1.95. The predicted octanol–water partition coefficient (Wildman–Crippen LogP) is 3.87. The van der Waals surface area contributed by atoms with E-state index in [4.69, 9.17) is 0 Å². The highest BCUT2D eigenvalue weighted by atomic mass is 19.3. The Labute approximate surface area is 235 Å². The number of likely N-dealkylation sites (tertiary alicyclic amines) is 1. The third-order valence-corrected chi connectivity index (χ3v) is 7.90. The number of imidazole rings is 1. The molecule has 0 atom stereocenters. The Morgan fingerprint density at radius 3 is 2.51 bits per heavy atom. The Balaban J connectivity index is 0.000000328. The van der Waals surface area contributed by atoms with Crippen LogP contribution in [0.5, 0.6) is 0 Å². The fraction of sp³-hybridized carbons (Fsp3) is 0.333. The zero-order valence-corrected chi connectivity index (χ0v) is 22.6. The molecule has 7 rings (SSSR count). The Kier molecular flexibility index (Phi) is 7.12. The molecule has 0 saturated carbocycles. The molecule has 0 spiro atoms. The van der Waals surface area contributed by atoms with E-state index < -0.39 is 18.2 Å². The summed E-state index contributed by atoms with van der Waals surface area (Å²) in [5, 5.41) is 2.93. The molecular formula is C30H30F2N6O3. The normalized spacial score (nSPS) is 17.7. The van der Waals surface area contributed by atoms with Crippen LogP contribution in [-0.2, 0) is 27.5 Å². The van der Waals surface area contributed by atoms with Crippen molar-refractivity contribution in [3.63, 3.8) is 0 Å². The molecule has 212 valence electrons. The van der Waals surface area contributed by atoms with Crippen molar-refractivity contribution in [2.75, 3.05) is 26.7 Å². The van der Waals surface area contributed by atoms with E-state index in [-0.39, 0.29) is 16.7 Å². The van der Waals surface area contributed by atoms with Gasteiger partial charge < -0.3 is 14.4 Å². The second kappa shape index (κ2) is 10.9. The lowest BCUT2D eigenvalue weighted by Gasteiger charge is -2.21. The number of pyridine rings is 1. The minimum Gasteiger partial charge on any atom is -0.345 e. The lowest BCUT2D eigenvalue weighted by molar-refractivity contribution is -0.123. The minimum atomic E-state index is -2.65. The third-order valence-electron chi connectivity index (χ3n) is 7.90. The van der Waals surface area contributed by atoms with Crippen LogP contribution in [0.1, 0.15) is 48.1 Å². The Morgan fingerprint density at radius 1 is 1.00 bits per heavy atom. The van der Waals surface area contributed by atoms with Gasteiger partial charge in [0.05, 0.1) is 28.6 Å². The SMILES string of the molecule is CN1CCn2cc(C3=C(c4cnc5ccccn45)C(=O)NC3=O)c3cc(C(F)F)cc(c32)C1.O=CN1CCCCC1. The number of amides is 3. The number of fused-ring (bicyclic) bond motifs is 1. The molecule has 3 aromatic heterocycles. The summed E-state index contributed by atoms with van der Waals surface area (Å²) in [6.45, 7) is 3.84. The summed E-state index contributed by atoms with van der Waals surface area (Å²) < 4.78 is 31.3. The number of rotatable bonds is 4. The number of hydrogen-bond acceptors (Lipinski definition) is 5. The van der Waals surface area contributed by atoms with Crippen molar-refractivity contribution in [2.24, 2.45) is 0 Å². The van der Waals surface area contributed by atoms with E-state index in [1.165, 1.54) is 31.4 Å². The van der Waals surface area contributed by atoms with E-state index in [0.29, 0.717) is 35.4 Å². The number of carbonyl (C=O) groups is 3. The lowest BCUT2D eigenvalue weighted by Crippen LogP contribution is -2.27. The van der Waals surface area contributed by atoms with Gasteiger partial charge in [-0.2, -0.15) is 0 Å². The molecule has 6 heterocycles. The van der Waals surface area contributed by atoms with Gasteiger partial charge in [-0.15, -0.1) is 0 Å². The number of likely N-dealkylation sites (N-methyl/N-ethyl adjacent to an activating group) is 1. The molecule has 0 radical (unpaired) electrons. The number of piperidine rings is 1. The van der Waals surface area contributed by atoms with Crippen molar-refractivity contribution in [3.8, 4) is 0 Å². The van der Waals surface area contributed by atoms with Crippen LogP contribution in [0.4, 0.5) is 8.78 Å². The van der Waals surface area contributed by atoms with E-state index in [9.17, 15) is 23.2 Å². The molecule has 1 aromatic carbocycles. The van der Waals surface area contributed by atoms with Crippen molar-refractivity contribution in [3.05, 3.63) is 71.3 Å². The van der Waals surface area contributed by atoms with Crippen LogP contribution >= 0.6 is 0 Å². The zero-order chi connectivity index (χ0) is 28.7. The summed E-state index contributed by atoms with van der Waals surface area (Å²) in [6.07, 6.45) is 7.10. The molecule has 11 heteroatoms. The highest BCUT2D eigenvalue weighted by Crippen LogP contribution is 2.39. The van der Waals surface area contributed by atoms with Crippen molar-refractivity contribution in [2.45, 2.75) is 38.8 Å². The van der Waals surface area contributed by atoms with Crippen LogP contribution in [0.15, 0.2) is 48.9 Å². The molecule has 4 aromatic rings. The number of benzene rings is 1. The van der Waals surface area contributed by atoms with Crippen LogP contribution in [0, 0.1) is 0 Å². The van der Waals surface area contributed by atoms with Gasteiger partial charge >= 0.3 is 0 Å². The number of nitrogens with one attached hydrogen (secondary N) is 1. The predicted molar refractivity (Wildman–Crippen MR) is 150 cm³/mol. The second-order valence-corrected chi connectivity index (χ2v) is 10.7. The molecule has 1 N–H and O–H groups in total. The number of halogens is 2. The molecule has 9 nitrogen and oxygen atoms in total. The third kappa shape index (κ3) is 4.90. The standard InChI is InChI=1S/C24H19F2N5O2.C6H11NO/c1-29-6-7-30-12-16(15-9-13(22(25)26)8-14(11-29)21(15)30)19-20(24(33)28-23(19)32)17-10-27-18-4-2-3-5-31(17)18;8-6-7-4-2-1-3-5-7/h2-5,8-10,12,22H,6-7,11H2,1H3,(H,28,32,33);6H,1-5H2. The summed E-state index contributed by atoms with van der Waals surface area (Å²) >= 11 is 0. The van der Waals surface area contributed by atoms with Gasteiger partial charge in [0.25, 0.3) is 18.2 Å². The molecule has 3 aliphatic heterocycles. The van der Waals surface area contributed by atoms with Crippen molar-refractivity contribution < 1.29 is 23.2 Å². The maximum atomic E-state index is 13.8. The fourth-order valence-corrected chi connectivity index (χ4v) is 5.92. The van der Waals surface area contributed by atoms with Gasteiger partial charge in [-0.25, -0.2) is 13.8 Å². The fourth-order valence-electron chi connectivity index (χ4n) is 5.92. The van der Waals surface area contributed by atoms with Gasteiger partial charge in [-0.1, -0.05) is 6.07 Å². The summed E-state index contributed by atoms with van der Waals surface area (Å²) in [4.78, 5) is 44.3. The monoisotopic (exact) mass is 560 g/mol. The quantitative estimate of drug-likeness (QED) is 0.302. The average Bonchev–Trinajstić information content (AvgIpc) is 3.61. The van der Waals surface area contributed by atoms with E-state index in [0.717, 1.165) is 37.1 Å². The number of imide groups is 1. The number of aromatic nitrogens is 3. The first-order valence-corrected chi connectivity index (χ1v) is 13.7. The van der Waals surface area contributed by atoms with Crippen LogP contribution in [0.3, 0.4) is 0 Å². The summed E-state index contributed by atoms with van der Waals surface area (Å²) in [5.41, 5.74) is 3.44. The van der Waals surface area contributed by atoms with Crippen LogP contribution in [-0.4, -0.2) is 68.7 Å². The summed E-state index contributed by atoms with van der Waals surface area (Å²) in [6, 6.07) is 8.42. The molecule has 0 unspecified atom stereocenters. The first-order chi connectivity index (χ1) is 19.9. The largest absolute Gasteiger partial charge is 0.345 e. The van der Waals surface area contributed by atoms with Crippen LogP contribution in [0.25, 0.3) is 27.7 Å². The van der Waals surface area contributed by atoms with Crippen molar-refractivity contribution in [1.29, 1.82) is 0 Å². The Hall–Kier alpha value is -4.38. The van der Waals surface area contributed by atoms with Crippen molar-refractivity contribution >= 4 is 45.9 Å². The zero-order valence-electron chi connectivity index (χ0n) is 22.6. The molecule has 41 heavy (non-hydrogen) atoms. The Bertz CT molecular complexity index is 1700. The van der Waals surface area contributed by atoms with Crippen LogP contribution < -0.4 is 5.32 Å². The number of carbonyl (C=O) groups excluding carboxylic acids is 3. The lowest BCUT2D eigenvalue weighted by atomic mass is 9.96. The topological polar surface area (TPSA) is 92.0 Å². The van der Waals surface area contributed by atoms with E-state index in [1.807, 2.05) is 28.6 Å². The first-order valence-electron chi connectivity index (χ1n) is 13.7. The van der Waals surface area contributed by atoms with Gasteiger partial charge in [0.2, 0.25) is 6.41 Å². The van der Waals surface area contributed by atoms with Gasteiger partial charge in [0.1, 0.15) is 5.65 Å².